The van der Waals surface area contributed by atoms with Crippen molar-refractivity contribution in [2.24, 2.45) is 0 Å². The topological polar surface area (TPSA) is 59.5 Å². The number of carbonyl (C=O) groups excluding carboxylic acids is 1. The van der Waals surface area contributed by atoms with Crippen molar-refractivity contribution in [2.75, 3.05) is 0 Å². The number of halogens is 1. The lowest BCUT2D eigenvalue weighted by atomic mass is 10.2. The van der Waals surface area contributed by atoms with Crippen molar-refractivity contribution in [2.45, 2.75) is 6.54 Å². The number of aromatic nitrogens is 2. The van der Waals surface area contributed by atoms with Crippen LogP contribution in [-0.2, 0) is 6.54 Å². The lowest BCUT2D eigenvalue weighted by molar-refractivity contribution is 0.0922. The maximum atomic E-state index is 11.8. The van der Waals surface area contributed by atoms with Crippen LogP contribution in [0.3, 0.4) is 0 Å². The summed E-state index contributed by atoms with van der Waals surface area (Å²) in [6.45, 7) is 0.431. The van der Waals surface area contributed by atoms with E-state index in [0.717, 1.165) is 11.2 Å². The van der Waals surface area contributed by atoms with Crippen LogP contribution in [-0.4, -0.2) is 15.3 Å². The highest BCUT2D eigenvalue weighted by atomic mass is 79.9. The zero-order chi connectivity index (χ0) is 13.2. The van der Waals surface area contributed by atoms with Gasteiger partial charge in [-0.15, -0.1) is 0 Å². The Morgan fingerprint density at radius 2 is 2.26 bits per heavy atom. The largest absolute Gasteiger partial charge is 0.444 e. The van der Waals surface area contributed by atoms with Gasteiger partial charge in [0.25, 0.3) is 5.91 Å². The molecule has 96 valence electrons. The molecule has 0 spiro atoms. The normalized spacial score (nSPS) is 10.8. The summed E-state index contributed by atoms with van der Waals surface area (Å²) in [4.78, 5) is 16.0. The van der Waals surface area contributed by atoms with E-state index in [1.54, 1.807) is 18.3 Å². The van der Waals surface area contributed by atoms with Gasteiger partial charge in [0.2, 0.25) is 0 Å². The molecule has 1 N–H and O–H groups in total. The first-order chi connectivity index (χ1) is 9.22. The average molecular weight is 320 g/mol. The quantitative estimate of drug-likeness (QED) is 0.807. The summed E-state index contributed by atoms with van der Waals surface area (Å²) in [6.07, 6.45) is 5.52. The van der Waals surface area contributed by atoms with Gasteiger partial charge in [0.15, 0.2) is 10.4 Å². The number of nitrogens with zero attached hydrogens (tertiary/aromatic N) is 2. The third-order valence-electron chi connectivity index (χ3n) is 2.71. The van der Waals surface area contributed by atoms with Crippen LogP contribution in [0.5, 0.6) is 0 Å². The molecule has 3 heterocycles. The first-order valence-corrected chi connectivity index (χ1v) is 6.47. The molecule has 3 aromatic rings. The average Bonchev–Trinajstić information content (AvgIpc) is 3.03. The number of hydrogen-bond donors (Lipinski definition) is 1. The molecule has 0 aromatic carbocycles. The molecule has 6 heteroatoms. The smallest absolute Gasteiger partial charge is 0.287 e. The van der Waals surface area contributed by atoms with Crippen LogP contribution in [0.15, 0.2) is 51.9 Å². The highest BCUT2D eigenvalue weighted by Crippen LogP contribution is 2.14. The Morgan fingerprint density at radius 3 is 3.05 bits per heavy atom. The van der Waals surface area contributed by atoms with E-state index in [2.05, 4.69) is 26.2 Å². The summed E-state index contributed by atoms with van der Waals surface area (Å²) >= 11 is 3.16. The summed E-state index contributed by atoms with van der Waals surface area (Å²) in [5.41, 5.74) is 1.84. The lowest BCUT2D eigenvalue weighted by Gasteiger charge is -2.04. The van der Waals surface area contributed by atoms with Crippen LogP contribution in [0.25, 0.3) is 5.65 Å². The van der Waals surface area contributed by atoms with E-state index in [0.29, 0.717) is 11.2 Å². The fourth-order valence-electron chi connectivity index (χ4n) is 1.77. The molecule has 0 fully saturated rings. The van der Waals surface area contributed by atoms with Crippen molar-refractivity contribution in [3.05, 3.63) is 58.8 Å². The van der Waals surface area contributed by atoms with Crippen LogP contribution in [0.1, 0.15) is 16.1 Å². The molecular weight excluding hydrogens is 310 g/mol. The fraction of sp³-hybridized carbons (Fsp3) is 0.0769. The number of nitrogens with one attached hydrogen (secondary N) is 1. The molecule has 0 unspecified atom stereocenters. The van der Waals surface area contributed by atoms with Gasteiger partial charge >= 0.3 is 0 Å². The van der Waals surface area contributed by atoms with Gasteiger partial charge < -0.3 is 14.1 Å². The summed E-state index contributed by atoms with van der Waals surface area (Å²) in [6, 6.07) is 7.17. The molecule has 0 aliphatic heterocycles. The van der Waals surface area contributed by atoms with E-state index < -0.39 is 0 Å². The van der Waals surface area contributed by atoms with Gasteiger partial charge in [0, 0.05) is 25.1 Å². The molecule has 0 saturated carbocycles. The van der Waals surface area contributed by atoms with Gasteiger partial charge in [-0.25, -0.2) is 4.98 Å². The van der Waals surface area contributed by atoms with Crippen molar-refractivity contribution < 1.29 is 9.21 Å². The number of fused-ring (bicyclic) bond motifs is 1. The third kappa shape index (κ3) is 2.53. The van der Waals surface area contributed by atoms with E-state index in [1.807, 2.05) is 28.9 Å². The third-order valence-corrected chi connectivity index (χ3v) is 3.14. The van der Waals surface area contributed by atoms with Gasteiger partial charge in [-0.2, -0.15) is 0 Å². The van der Waals surface area contributed by atoms with E-state index in [9.17, 15) is 4.79 Å². The number of imidazole rings is 1. The minimum absolute atomic E-state index is 0.242. The number of carbonyl (C=O) groups is 1. The first-order valence-electron chi connectivity index (χ1n) is 5.67. The number of hydrogen-bond acceptors (Lipinski definition) is 3. The zero-order valence-electron chi connectivity index (χ0n) is 9.84. The highest BCUT2D eigenvalue weighted by molar-refractivity contribution is 9.10. The first kappa shape index (κ1) is 12.0. The number of furan rings is 1. The second-order valence-electron chi connectivity index (χ2n) is 4.01. The summed E-state index contributed by atoms with van der Waals surface area (Å²) in [5.74, 6) is 0.0441. The molecule has 0 atom stereocenters. The van der Waals surface area contributed by atoms with Gasteiger partial charge in [0.1, 0.15) is 5.65 Å². The minimum Gasteiger partial charge on any atom is -0.444 e. The molecule has 5 nitrogen and oxygen atoms in total. The Morgan fingerprint density at radius 1 is 1.37 bits per heavy atom. The second kappa shape index (κ2) is 4.89. The molecule has 0 aliphatic rings. The molecule has 1 amide bonds. The standard InChI is InChI=1S/C13H10BrN3O2/c14-11-2-1-10(19-11)13(18)16-8-9-3-5-17-6-4-15-12(17)7-9/h1-7H,8H2,(H,16,18). The molecule has 0 aliphatic carbocycles. The Labute approximate surface area is 117 Å². The molecule has 3 aromatic heterocycles. The molecule has 19 heavy (non-hydrogen) atoms. The van der Waals surface area contributed by atoms with Crippen LogP contribution in [0, 0.1) is 0 Å². The van der Waals surface area contributed by atoms with Gasteiger partial charge in [-0.05, 0) is 45.8 Å². The number of amides is 1. The van der Waals surface area contributed by atoms with Crippen molar-refractivity contribution in [1.29, 1.82) is 0 Å². The Balaban J connectivity index is 1.70. The van der Waals surface area contributed by atoms with E-state index in [-0.39, 0.29) is 11.7 Å². The maximum absolute atomic E-state index is 11.8. The summed E-state index contributed by atoms with van der Waals surface area (Å²) < 4.78 is 7.63. The number of rotatable bonds is 3. The number of pyridine rings is 1. The highest BCUT2D eigenvalue weighted by Gasteiger charge is 2.09. The second-order valence-corrected chi connectivity index (χ2v) is 4.80. The van der Waals surface area contributed by atoms with Gasteiger partial charge in [0.05, 0.1) is 0 Å². The van der Waals surface area contributed by atoms with Crippen LogP contribution < -0.4 is 5.32 Å². The van der Waals surface area contributed by atoms with Crippen molar-refractivity contribution in [3.63, 3.8) is 0 Å². The van der Waals surface area contributed by atoms with Crippen LogP contribution in [0.2, 0.25) is 0 Å². The zero-order valence-corrected chi connectivity index (χ0v) is 11.4. The maximum Gasteiger partial charge on any atom is 0.287 e. The predicted molar refractivity (Wildman–Crippen MR) is 72.8 cm³/mol. The summed E-state index contributed by atoms with van der Waals surface area (Å²) in [7, 11) is 0. The molecule has 0 bridgehead atoms. The summed E-state index contributed by atoms with van der Waals surface area (Å²) in [5, 5.41) is 2.79. The van der Waals surface area contributed by atoms with Gasteiger partial charge in [-0.1, -0.05) is 0 Å². The Bertz CT molecular complexity index is 732. The van der Waals surface area contributed by atoms with Crippen molar-refractivity contribution >= 4 is 27.5 Å². The van der Waals surface area contributed by atoms with Crippen LogP contribution >= 0.6 is 15.9 Å². The van der Waals surface area contributed by atoms with E-state index in [1.165, 1.54) is 0 Å². The van der Waals surface area contributed by atoms with Crippen molar-refractivity contribution in [1.82, 2.24) is 14.7 Å². The van der Waals surface area contributed by atoms with Gasteiger partial charge in [-0.3, -0.25) is 4.79 Å². The molecule has 3 rings (SSSR count). The minimum atomic E-state index is -0.242. The monoisotopic (exact) mass is 319 g/mol. The SMILES string of the molecule is O=C(NCc1ccn2ccnc2c1)c1ccc(Br)o1. The van der Waals surface area contributed by atoms with E-state index >= 15 is 0 Å². The van der Waals surface area contributed by atoms with Crippen molar-refractivity contribution in [3.8, 4) is 0 Å². The fourth-order valence-corrected chi connectivity index (χ4v) is 2.07. The Hall–Kier alpha value is -2.08. The molecule has 0 radical (unpaired) electrons. The van der Waals surface area contributed by atoms with E-state index in [4.69, 9.17) is 4.42 Å². The molecular formula is C13H10BrN3O2. The predicted octanol–water partition coefficient (Wildman–Crippen LogP) is 2.62. The Kier molecular flexibility index (Phi) is 3.08. The molecule has 0 saturated heterocycles. The van der Waals surface area contributed by atoms with Crippen LogP contribution in [0.4, 0.5) is 0 Å². The lowest BCUT2D eigenvalue weighted by Crippen LogP contribution is -2.22.